The third kappa shape index (κ3) is 4.08. The molecule has 10 heteroatoms. The third-order valence-corrected chi connectivity index (χ3v) is 10.1. The maximum absolute atomic E-state index is 12.3. The highest BCUT2D eigenvalue weighted by atomic mass is 79.9. The number of hydrogen-bond donors (Lipinski definition) is 5. The van der Waals surface area contributed by atoms with Crippen molar-refractivity contribution < 1.29 is 33.8 Å². The fourth-order valence-electron chi connectivity index (χ4n) is 4.16. The van der Waals surface area contributed by atoms with Crippen LogP contribution in [0.15, 0.2) is 10.1 Å². The van der Waals surface area contributed by atoms with Crippen molar-refractivity contribution in [3.63, 3.8) is 0 Å². The van der Waals surface area contributed by atoms with E-state index in [-0.39, 0.29) is 16.3 Å². The minimum atomic E-state index is -5.66. The van der Waals surface area contributed by atoms with E-state index in [1.54, 1.807) is 27.7 Å². The van der Waals surface area contributed by atoms with Gasteiger partial charge in [-0.3, -0.25) is 9.13 Å². The smallest absolute Gasteiger partial charge is 0.367 e. The number of halogens is 1. The molecule has 0 rings (SSSR count). The maximum atomic E-state index is 12.3. The number of rotatable bonds is 8. The van der Waals surface area contributed by atoms with E-state index >= 15 is 0 Å². The Morgan fingerprint density at radius 2 is 1.04 bits per heavy atom. The number of aliphatic hydroxyl groups is 1. The van der Waals surface area contributed by atoms with E-state index in [2.05, 4.69) is 15.9 Å². The SMILES string of the molecule is CC(C)C(=C(Br)C(C(C)C)(C(C)C)C(O)(P(=O)(O)O)P(=O)(O)O)C(C)C. The van der Waals surface area contributed by atoms with Gasteiger partial charge in [-0.1, -0.05) is 76.9 Å². The van der Waals surface area contributed by atoms with E-state index in [9.17, 15) is 33.8 Å². The second-order valence-electron chi connectivity index (χ2n) is 7.98. The molecule has 0 spiro atoms. The monoisotopic (exact) mass is 478 g/mol. The molecule has 0 atom stereocenters. The van der Waals surface area contributed by atoms with Gasteiger partial charge in [0.2, 0.25) is 0 Å². The Morgan fingerprint density at radius 1 is 0.769 bits per heavy atom. The molecule has 0 aliphatic heterocycles. The largest absolute Gasteiger partial charge is 0.370 e. The zero-order valence-electron chi connectivity index (χ0n) is 16.6. The predicted octanol–water partition coefficient (Wildman–Crippen LogP) is 4.25. The highest BCUT2D eigenvalue weighted by Crippen LogP contribution is 2.79. The summed E-state index contributed by atoms with van der Waals surface area (Å²) in [6.07, 6.45) is 0. The molecule has 0 aromatic rings. The zero-order valence-corrected chi connectivity index (χ0v) is 20.0. The van der Waals surface area contributed by atoms with Crippen LogP contribution in [0.2, 0.25) is 0 Å². The van der Waals surface area contributed by atoms with Gasteiger partial charge in [0.1, 0.15) is 0 Å². The molecule has 0 radical (unpaired) electrons. The van der Waals surface area contributed by atoms with Gasteiger partial charge in [0.25, 0.3) is 5.08 Å². The number of allylic oxidation sites excluding steroid dienone is 1. The molecular weight excluding hydrogens is 446 g/mol. The summed E-state index contributed by atoms with van der Waals surface area (Å²) in [7, 11) is -11.3. The molecule has 0 unspecified atom stereocenters. The number of hydrogen-bond acceptors (Lipinski definition) is 3. The van der Waals surface area contributed by atoms with Crippen LogP contribution in [-0.4, -0.2) is 29.8 Å². The first-order valence-corrected chi connectivity index (χ1v) is 12.6. The lowest BCUT2D eigenvalue weighted by Gasteiger charge is -2.53. The quantitative estimate of drug-likeness (QED) is 0.329. The maximum Gasteiger partial charge on any atom is 0.370 e. The van der Waals surface area contributed by atoms with Gasteiger partial charge >= 0.3 is 15.2 Å². The first-order valence-electron chi connectivity index (χ1n) is 8.55. The Hall–Kier alpha value is 0.480. The first kappa shape index (κ1) is 26.5. The van der Waals surface area contributed by atoms with E-state index < -0.39 is 37.5 Å². The van der Waals surface area contributed by atoms with E-state index in [0.29, 0.717) is 0 Å². The van der Waals surface area contributed by atoms with Crippen LogP contribution in [0.1, 0.15) is 55.4 Å². The molecule has 0 amide bonds. The molecule has 0 fully saturated rings. The van der Waals surface area contributed by atoms with Crippen LogP contribution in [-0.2, 0) is 9.13 Å². The van der Waals surface area contributed by atoms with Crippen LogP contribution in [0, 0.1) is 29.1 Å². The van der Waals surface area contributed by atoms with Crippen molar-refractivity contribution >= 4 is 31.1 Å². The van der Waals surface area contributed by atoms with Crippen LogP contribution in [0.25, 0.3) is 0 Å². The topological polar surface area (TPSA) is 135 Å². The van der Waals surface area contributed by atoms with Crippen molar-refractivity contribution in [2.75, 3.05) is 0 Å². The molecule has 156 valence electrons. The van der Waals surface area contributed by atoms with Crippen LogP contribution < -0.4 is 0 Å². The van der Waals surface area contributed by atoms with Gasteiger partial charge in [0.15, 0.2) is 0 Å². The van der Waals surface area contributed by atoms with Crippen LogP contribution >= 0.6 is 31.1 Å². The Balaban J connectivity index is 7.66. The standard InChI is InChI=1S/C16H33BrO7P2/c1-9(2)13(10(3)4)14(17)15(11(5)6,12(7)8)16(18,25(19,20)21)26(22,23)24/h9-12,18H,1-8H3,(H2,19,20,21)(H2,22,23,24). The predicted molar refractivity (Wildman–Crippen MR) is 107 cm³/mol. The lowest BCUT2D eigenvalue weighted by atomic mass is 9.66. The first-order chi connectivity index (χ1) is 11.3. The van der Waals surface area contributed by atoms with Gasteiger partial charge < -0.3 is 24.7 Å². The Bertz CT molecular complexity index is 589. The van der Waals surface area contributed by atoms with Crippen LogP contribution in [0.4, 0.5) is 0 Å². The summed E-state index contributed by atoms with van der Waals surface area (Å²) in [5.41, 5.74) is -1.16. The van der Waals surface area contributed by atoms with Crippen LogP contribution in [0.5, 0.6) is 0 Å². The highest BCUT2D eigenvalue weighted by molar-refractivity contribution is 9.11. The Kier molecular flexibility index (Phi) is 8.62. The molecule has 0 aliphatic rings. The van der Waals surface area contributed by atoms with Crippen molar-refractivity contribution in [1.29, 1.82) is 0 Å². The second kappa shape index (κ2) is 8.46. The molecule has 26 heavy (non-hydrogen) atoms. The van der Waals surface area contributed by atoms with E-state index in [1.807, 2.05) is 27.7 Å². The molecule has 5 N–H and O–H groups in total. The summed E-state index contributed by atoms with van der Waals surface area (Å²) < 4.78 is 24.9. The zero-order chi connectivity index (χ0) is 21.5. The highest BCUT2D eigenvalue weighted by Gasteiger charge is 2.74. The molecule has 0 heterocycles. The van der Waals surface area contributed by atoms with Gasteiger partial charge in [-0.05, 0) is 23.7 Å². The molecule has 0 aromatic carbocycles. The summed E-state index contributed by atoms with van der Waals surface area (Å²) >= 11 is 3.42. The van der Waals surface area contributed by atoms with Gasteiger partial charge in [-0.25, -0.2) is 0 Å². The van der Waals surface area contributed by atoms with E-state index in [4.69, 9.17) is 0 Å². The minimum Gasteiger partial charge on any atom is -0.367 e. The van der Waals surface area contributed by atoms with Gasteiger partial charge in [0, 0.05) is 4.48 Å². The molecule has 0 saturated carbocycles. The normalized spacial score (nSPS) is 14.7. The average Bonchev–Trinajstić information content (AvgIpc) is 2.34. The molecular formula is C16H33BrO7P2. The van der Waals surface area contributed by atoms with Gasteiger partial charge in [-0.15, -0.1) is 0 Å². The van der Waals surface area contributed by atoms with Gasteiger partial charge in [0.05, 0.1) is 5.41 Å². The van der Waals surface area contributed by atoms with Crippen molar-refractivity contribution in [2.24, 2.45) is 29.1 Å². The fourth-order valence-corrected chi connectivity index (χ4v) is 10.2. The Morgan fingerprint density at radius 3 is 1.19 bits per heavy atom. The van der Waals surface area contributed by atoms with Crippen molar-refractivity contribution in [3.8, 4) is 0 Å². The summed E-state index contributed by atoms with van der Waals surface area (Å²) in [5.74, 6) is -1.54. The lowest BCUT2D eigenvalue weighted by molar-refractivity contribution is -0.0225. The molecule has 0 aromatic heterocycles. The average molecular weight is 479 g/mol. The lowest BCUT2D eigenvalue weighted by Crippen LogP contribution is -2.55. The third-order valence-electron chi connectivity index (χ3n) is 5.05. The van der Waals surface area contributed by atoms with Crippen molar-refractivity contribution in [1.82, 2.24) is 0 Å². The summed E-state index contributed by atoms with van der Waals surface area (Å²) in [6, 6.07) is 0. The summed E-state index contributed by atoms with van der Waals surface area (Å²) in [4.78, 5) is 39.8. The molecule has 0 saturated heterocycles. The van der Waals surface area contributed by atoms with E-state index in [0.717, 1.165) is 5.57 Å². The summed E-state index contributed by atoms with van der Waals surface area (Å²) in [6.45, 7) is 13.9. The van der Waals surface area contributed by atoms with Crippen molar-refractivity contribution in [2.45, 2.75) is 60.5 Å². The molecule has 7 nitrogen and oxygen atoms in total. The van der Waals surface area contributed by atoms with Crippen molar-refractivity contribution in [3.05, 3.63) is 10.1 Å². The van der Waals surface area contributed by atoms with E-state index in [1.165, 1.54) is 0 Å². The second-order valence-corrected chi connectivity index (χ2v) is 12.6. The van der Waals surface area contributed by atoms with Gasteiger partial charge in [-0.2, -0.15) is 0 Å². The Labute approximate surface area is 164 Å². The molecule has 0 aliphatic carbocycles. The van der Waals surface area contributed by atoms with Crippen LogP contribution in [0.3, 0.4) is 0 Å². The minimum absolute atomic E-state index is 0.0703. The molecule has 0 bridgehead atoms. The summed E-state index contributed by atoms with van der Waals surface area (Å²) in [5, 5.41) is 7.56. The fraction of sp³-hybridized carbons (Fsp3) is 0.875.